The van der Waals surface area contributed by atoms with Gasteiger partial charge >= 0.3 is 0 Å². The summed E-state index contributed by atoms with van der Waals surface area (Å²) >= 11 is 0. The molecule has 2 N–H and O–H groups in total. The van der Waals surface area contributed by atoms with Crippen LogP contribution >= 0.6 is 0 Å². The predicted molar refractivity (Wildman–Crippen MR) is 103 cm³/mol. The molecule has 1 rings (SSSR count). The molecule has 144 valence electrons. The Balaban J connectivity index is 2.42. The Morgan fingerprint density at radius 1 is 1.20 bits per heavy atom. The van der Waals surface area contributed by atoms with Crippen LogP contribution in [0.3, 0.4) is 0 Å². The van der Waals surface area contributed by atoms with E-state index in [1.165, 1.54) is 0 Å². The highest BCUT2D eigenvalue weighted by Gasteiger charge is 2.12. The minimum atomic E-state index is 0.468. The molecule has 0 saturated heterocycles. The number of aromatic nitrogens is 1. The Kier molecular flexibility index (Phi) is 11.0. The third-order valence-electron chi connectivity index (χ3n) is 4.10. The molecule has 1 aromatic heterocycles. The van der Waals surface area contributed by atoms with E-state index in [-0.39, 0.29) is 0 Å². The SMILES string of the molecule is CCNC(=NCc1cc(C(CC)CC)no1)NCCOCCC(C)C. The van der Waals surface area contributed by atoms with Crippen LogP contribution < -0.4 is 10.6 Å². The number of guanidine groups is 1. The van der Waals surface area contributed by atoms with Gasteiger partial charge in [-0.05, 0) is 32.1 Å². The lowest BCUT2D eigenvalue weighted by Crippen LogP contribution is -2.39. The van der Waals surface area contributed by atoms with Gasteiger partial charge in [0.1, 0.15) is 6.54 Å². The number of nitrogens with one attached hydrogen (secondary N) is 2. The van der Waals surface area contributed by atoms with E-state index in [9.17, 15) is 0 Å². The fraction of sp³-hybridized carbons (Fsp3) is 0.789. The summed E-state index contributed by atoms with van der Waals surface area (Å²) in [4.78, 5) is 4.56. The maximum Gasteiger partial charge on any atom is 0.191 e. The molecule has 0 spiro atoms. The lowest BCUT2D eigenvalue weighted by atomic mass is 9.99. The van der Waals surface area contributed by atoms with Gasteiger partial charge in [0.15, 0.2) is 11.7 Å². The molecule has 0 aliphatic rings. The molecule has 0 aliphatic carbocycles. The van der Waals surface area contributed by atoms with Crippen molar-refractivity contribution >= 4 is 5.96 Å². The van der Waals surface area contributed by atoms with Crippen LogP contribution in [0.25, 0.3) is 0 Å². The molecule has 0 aromatic carbocycles. The summed E-state index contributed by atoms with van der Waals surface area (Å²) in [5.74, 6) is 2.72. The van der Waals surface area contributed by atoms with Gasteiger partial charge < -0.3 is 19.9 Å². The van der Waals surface area contributed by atoms with Crippen LogP contribution in [-0.2, 0) is 11.3 Å². The van der Waals surface area contributed by atoms with Gasteiger partial charge in [0.2, 0.25) is 0 Å². The minimum Gasteiger partial charge on any atom is -0.380 e. The van der Waals surface area contributed by atoms with E-state index < -0.39 is 0 Å². The van der Waals surface area contributed by atoms with E-state index in [0.29, 0.717) is 25.0 Å². The van der Waals surface area contributed by atoms with Gasteiger partial charge in [-0.1, -0.05) is 32.9 Å². The van der Waals surface area contributed by atoms with Gasteiger partial charge in [-0.15, -0.1) is 0 Å². The van der Waals surface area contributed by atoms with Gasteiger partial charge in [-0.25, -0.2) is 4.99 Å². The van der Waals surface area contributed by atoms with E-state index in [0.717, 1.165) is 56.4 Å². The fourth-order valence-corrected chi connectivity index (χ4v) is 2.46. The summed E-state index contributed by atoms with van der Waals surface area (Å²) in [6.07, 6.45) is 3.25. The second-order valence-electron chi connectivity index (χ2n) is 6.65. The topological polar surface area (TPSA) is 71.7 Å². The molecule has 0 fully saturated rings. The predicted octanol–water partition coefficient (Wildman–Crippen LogP) is 3.70. The summed E-state index contributed by atoms with van der Waals surface area (Å²) < 4.78 is 11.0. The molecule has 0 amide bonds. The van der Waals surface area contributed by atoms with Crippen molar-refractivity contribution in [2.45, 2.75) is 66.3 Å². The second-order valence-corrected chi connectivity index (χ2v) is 6.65. The zero-order valence-electron chi connectivity index (χ0n) is 16.6. The zero-order valence-corrected chi connectivity index (χ0v) is 16.6. The number of nitrogens with zero attached hydrogens (tertiary/aromatic N) is 2. The van der Waals surface area contributed by atoms with Crippen LogP contribution in [-0.4, -0.2) is 37.4 Å². The van der Waals surface area contributed by atoms with E-state index in [4.69, 9.17) is 9.26 Å². The summed E-state index contributed by atoms with van der Waals surface area (Å²) in [6, 6.07) is 2.03. The summed E-state index contributed by atoms with van der Waals surface area (Å²) in [6.45, 7) is 14.3. The van der Waals surface area contributed by atoms with Gasteiger partial charge in [0.25, 0.3) is 0 Å². The van der Waals surface area contributed by atoms with Crippen molar-refractivity contribution in [3.8, 4) is 0 Å². The van der Waals surface area contributed by atoms with E-state index in [1.54, 1.807) is 0 Å². The van der Waals surface area contributed by atoms with E-state index >= 15 is 0 Å². The van der Waals surface area contributed by atoms with Crippen LogP contribution in [0.1, 0.15) is 71.3 Å². The first-order valence-electron chi connectivity index (χ1n) is 9.65. The largest absolute Gasteiger partial charge is 0.380 e. The Morgan fingerprint density at radius 2 is 1.96 bits per heavy atom. The van der Waals surface area contributed by atoms with Crippen LogP contribution in [0.5, 0.6) is 0 Å². The van der Waals surface area contributed by atoms with Crippen molar-refractivity contribution < 1.29 is 9.26 Å². The van der Waals surface area contributed by atoms with Gasteiger partial charge in [-0.2, -0.15) is 0 Å². The average Bonchev–Trinajstić information content (AvgIpc) is 3.05. The highest BCUT2D eigenvalue weighted by molar-refractivity contribution is 5.79. The molecule has 0 radical (unpaired) electrons. The maximum atomic E-state index is 5.62. The lowest BCUT2D eigenvalue weighted by Gasteiger charge is -2.11. The van der Waals surface area contributed by atoms with Crippen molar-refractivity contribution in [1.82, 2.24) is 15.8 Å². The maximum absolute atomic E-state index is 5.62. The Hall–Kier alpha value is -1.56. The normalized spacial score (nSPS) is 12.2. The minimum absolute atomic E-state index is 0.468. The monoisotopic (exact) mass is 352 g/mol. The molecule has 6 heteroatoms. The van der Waals surface area contributed by atoms with Crippen molar-refractivity contribution in [1.29, 1.82) is 0 Å². The van der Waals surface area contributed by atoms with Crippen LogP contribution in [0.4, 0.5) is 0 Å². The average molecular weight is 353 g/mol. The third kappa shape index (κ3) is 8.91. The summed E-state index contributed by atoms with van der Waals surface area (Å²) in [7, 11) is 0. The second kappa shape index (κ2) is 12.8. The molecular weight excluding hydrogens is 316 g/mol. The van der Waals surface area contributed by atoms with Gasteiger partial charge in [0, 0.05) is 31.7 Å². The Bertz CT molecular complexity index is 482. The lowest BCUT2D eigenvalue weighted by molar-refractivity contribution is 0.128. The first kappa shape index (κ1) is 21.5. The molecule has 1 heterocycles. The molecule has 0 unspecified atom stereocenters. The molecule has 0 aliphatic heterocycles. The molecule has 0 saturated carbocycles. The number of rotatable bonds is 12. The summed E-state index contributed by atoms with van der Waals surface area (Å²) in [5, 5.41) is 10.7. The van der Waals surface area contributed by atoms with Crippen molar-refractivity contribution in [2.24, 2.45) is 10.9 Å². The molecular formula is C19H36N4O2. The van der Waals surface area contributed by atoms with Crippen LogP contribution in [0, 0.1) is 5.92 Å². The van der Waals surface area contributed by atoms with E-state index in [1.807, 2.05) is 6.07 Å². The smallest absolute Gasteiger partial charge is 0.191 e. The van der Waals surface area contributed by atoms with Gasteiger partial charge in [0.05, 0.1) is 12.3 Å². The van der Waals surface area contributed by atoms with Crippen LogP contribution in [0.15, 0.2) is 15.6 Å². The molecule has 0 atom stereocenters. The molecule has 25 heavy (non-hydrogen) atoms. The summed E-state index contributed by atoms with van der Waals surface area (Å²) in [5.41, 5.74) is 1.03. The highest BCUT2D eigenvalue weighted by Crippen LogP contribution is 2.22. The first-order chi connectivity index (χ1) is 12.1. The zero-order chi connectivity index (χ0) is 18.5. The Morgan fingerprint density at radius 3 is 2.60 bits per heavy atom. The van der Waals surface area contributed by atoms with Crippen molar-refractivity contribution in [2.75, 3.05) is 26.3 Å². The van der Waals surface area contributed by atoms with Gasteiger partial charge in [-0.3, -0.25) is 0 Å². The fourth-order valence-electron chi connectivity index (χ4n) is 2.46. The van der Waals surface area contributed by atoms with E-state index in [2.05, 4.69) is 55.4 Å². The third-order valence-corrected chi connectivity index (χ3v) is 4.10. The molecule has 6 nitrogen and oxygen atoms in total. The van der Waals surface area contributed by atoms with Crippen molar-refractivity contribution in [3.63, 3.8) is 0 Å². The quantitative estimate of drug-likeness (QED) is 0.341. The van der Waals surface area contributed by atoms with Crippen molar-refractivity contribution in [3.05, 3.63) is 17.5 Å². The molecule has 0 bridgehead atoms. The number of ether oxygens (including phenoxy) is 1. The standard InChI is InChI=1S/C19H36N4O2/c1-6-16(7-2)18-13-17(25-23-18)14-22-19(20-8-3)21-10-12-24-11-9-15(4)5/h13,15-16H,6-12,14H2,1-5H3,(H2,20,21,22). The number of hydrogen-bond acceptors (Lipinski definition) is 4. The number of hydrogen-bond donors (Lipinski definition) is 2. The molecule has 1 aromatic rings. The Labute approximate surface area is 152 Å². The number of aliphatic imine (C=N–C) groups is 1. The highest BCUT2D eigenvalue weighted by atomic mass is 16.5. The first-order valence-corrected chi connectivity index (χ1v) is 9.65. The van der Waals surface area contributed by atoms with Crippen LogP contribution in [0.2, 0.25) is 0 Å².